The fourth-order valence-electron chi connectivity index (χ4n) is 1.15. The van der Waals surface area contributed by atoms with Crippen molar-refractivity contribution in [1.82, 2.24) is 0 Å². The van der Waals surface area contributed by atoms with E-state index in [-0.39, 0.29) is 11.1 Å². The second kappa shape index (κ2) is 6.48. The summed E-state index contributed by atoms with van der Waals surface area (Å²) >= 11 is -0.712. The molecule has 1 rings (SSSR count). The first-order valence-electron chi connectivity index (χ1n) is 5.06. The van der Waals surface area contributed by atoms with Gasteiger partial charge in [-0.1, -0.05) is 0 Å². The second-order valence-corrected chi connectivity index (χ2v) is 5.39. The predicted molar refractivity (Wildman–Crippen MR) is 62.2 cm³/mol. The zero-order valence-electron chi connectivity index (χ0n) is 9.49. The molecule has 0 aliphatic heterocycles. The standard InChI is InChI=1S/C12H10F3NOSe/c1-2-17-11(12(13,14)15)10(8-16)18-9-6-4-3-5-7-9/h3-7H,2H2,1H3/b11-10+. The molecule has 0 aliphatic rings. The molecule has 18 heavy (non-hydrogen) atoms. The molecule has 0 fully saturated rings. The molecule has 1 aromatic rings. The zero-order chi connectivity index (χ0) is 13.6. The summed E-state index contributed by atoms with van der Waals surface area (Å²) in [4.78, 5) is 0. The fourth-order valence-corrected chi connectivity index (χ4v) is 2.91. The predicted octanol–water partition coefficient (Wildman–Crippen LogP) is 2.35. The maximum atomic E-state index is 12.7. The molecule has 0 N–H and O–H groups in total. The number of halogens is 3. The van der Waals surface area contributed by atoms with E-state index in [0.29, 0.717) is 4.46 Å². The van der Waals surface area contributed by atoms with Gasteiger partial charge in [-0.3, -0.25) is 0 Å². The molecular formula is C12H10F3NOSe. The van der Waals surface area contributed by atoms with Crippen molar-refractivity contribution in [2.45, 2.75) is 13.1 Å². The van der Waals surface area contributed by atoms with E-state index in [4.69, 9.17) is 5.26 Å². The number of nitrogens with zero attached hydrogens (tertiary/aromatic N) is 1. The molecule has 0 unspecified atom stereocenters. The van der Waals surface area contributed by atoms with Crippen molar-refractivity contribution >= 4 is 19.4 Å². The first-order valence-corrected chi connectivity index (χ1v) is 6.77. The molecular weight excluding hydrogens is 310 g/mol. The second-order valence-electron chi connectivity index (χ2n) is 3.12. The zero-order valence-corrected chi connectivity index (χ0v) is 11.2. The van der Waals surface area contributed by atoms with Crippen LogP contribution in [0.15, 0.2) is 40.6 Å². The summed E-state index contributed by atoms with van der Waals surface area (Å²) in [6.07, 6.45) is -4.63. The van der Waals surface area contributed by atoms with E-state index in [0.717, 1.165) is 0 Å². The Morgan fingerprint density at radius 2 is 1.94 bits per heavy atom. The van der Waals surface area contributed by atoms with Gasteiger partial charge < -0.3 is 0 Å². The van der Waals surface area contributed by atoms with Gasteiger partial charge >= 0.3 is 109 Å². The van der Waals surface area contributed by atoms with Crippen LogP contribution in [0.5, 0.6) is 0 Å². The van der Waals surface area contributed by atoms with Crippen LogP contribution in [-0.2, 0) is 4.74 Å². The topological polar surface area (TPSA) is 33.0 Å². The molecule has 6 heteroatoms. The van der Waals surface area contributed by atoms with Gasteiger partial charge in [-0.2, -0.15) is 0 Å². The number of hydrogen-bond acceptors (Lipinski definition) is 2. The van der Waals surface area contributed by atoms with E-state index in [1.807, 2.05) is 0 Å². The third kappa shape index (κ3) is 4.10. The van der Waals surface area contributed by atoms with Crippen LogP contribution in [0.2, 0.25) is 0 Å². The van der Waals surface area contributed by atoms with Crippen molar-refractivity contribution in [2.75, 3.05) is 6.61 Å². The quantitative estimate of drug-likeness (QED) is 0.485. The normalized spacial score (nSPS) is 12.6. The van der Waals surface area contributed by atoms with E-state index >= 15 is 0 Å². The summed E-state index contributed by atoms with van der Waals surface area (Å²) in [5.74, 6) is -1.17. The Balaban J connectivity index is 3.09. The summed E-state index contributed by atoms with van der Waals surface area (Å²) < 4.78 is 43.1. The minimum atomic E-state index is -4.63. The third-order valence-electron chi connectivity index (χ3n) is 1.82. The number of allylic oxidation sites excluding steroid dienone is 2. The van der Waals surface area contributed by atoms with E-state index in [2.05, 4.69) is 4.74 Å². The molecule has 0 saturated heterocycles. The fraction of sp³-hybridized carbons (Fsp3) is 0.250. The average molecular weight is 320 g/mol. The molecule has 96 valence electrons. The van der Waals surface area contributed by atoms with Gasteiger partial charge in [0.15, 0.2) is 0 Å². The number of rotatable bonds is 4. The van der Waals surface area contributed by atoms with Crippen LogP contribution in [0.4, 0.5) is 13.2 Å². The Hall–Kier alpha value is -1.44. The van der Waals surface area contributed by atoms with Crippen molar-refractivity contribution in [3.05, 3.63) is 40.6 Å². The maximum absolute atomic E-state index is 12.7. The van der Waals surface area contributed by atoms with Crippen LogP contribution in [0.1, 0.15) is 6.92 Å². The summed E-state index contributed by atoms with van der Waals surface area (Å²) in [6, 6.07) is 10.2. The number of alkyl halides is 3. The van der Waals surface area contributed by atoms with Crippen molar-refractivity contribution in [3.8, 4) is 6.07 Å². The Bertz CT molecular complexity index is 462. The van der Waals surface area contributed by atoms with E-state index in [1.165, 1.54) is 6.92 Å². The monoisotopic (exact) mass is 321 g/mol. The molecule has 1 aromatic carbocycles. The molecule has 0 atom stereocenters. The molecule has 0 heterocycles. The summed E-state index contributed by atoms with van der Waals surface area (Å²) in [5.41, 5.74) is 0. The van der Waals surface area contributed by atoms with Gasteiger partial charge in [-0.15, -0.1) is 0 Å². The van der Waals surface area contributed by atoms with Crippen LogP contribution in [0.3, 0.4) is 0 Å². The van der Waals surface area contributed by atoms with Gasteiger partial charge in [0.05, 0.1) is 0 Å². The molecule has 0 saturated carbocycles. The van der Waals surface area contributed by atoms with Gasteiger partial charge in [-0.25, -0.2) is 0 Å². The van der Waals surface area contributed by atoms with Crippen LogP contribution >= 0.6 is 0 Å². The van der Waals surface area contributed by atoms with Crippen molar-refractivity contribution in [1.29, 1.82) is 5.26 Å². The first kappa shape index (κ1) is 14.6. The van der Waals surface area contributed by atoms with Crippen molar-refractivity contribution < 1.29 is 17.9 Å². The van der Waals surface area contributed by atoms with Crippen LogP contribution < -0.4 is 4.46 Å². The summed E-state index contributed by atoms with van der Waals surface area (Å²) in [6.45, 7) is 1.33. The van der Waals surface area contributed by atoms with Crippen LogP contribution in [0, 0.1) is 11.3 Å². The molecule has 0 radical (unpaired) electrons. The first-order chi connectivity index (χ1) is 8.49. The number of ether oxygens (including phenoxy) is 1. The number of benzene rings is 1. The molecule has 0 aromatic heterocycles. The average Bonchev–Trinajstić information content (AvgIpc) is 2.33. The van der Waals surface area contributed by atoms with Crippen molar-refractivity contribution in [3.63, 3.8) is 0 Å². The molecule has 2 nitrogen and oxygen atoms in total. The SMILES string of the molecule is CCO/C(=C(\C#N)[Se]c1ccccc1)C(F)(F)F. The van der Waals surface area contributed by atoms with E-state index in [9.17, 15) is 13.2 Å². The van der Waals surface area contributed by atoms with Gasteiger partial charge in [0.2, 0.25) is 0 Å². The summed E-state index contributed by atoms with van der Waals surface area (Å²) in [5, 5.41) is 8.88. The Morgan fingerprint density at radius 3 is 2.39 bits per heavy atom. The van der Waals surface area contributed by atoms with Gasteiger partial charge in [0, 0.05) is 0 Å². The third-order valence-corrected chi connectivity index (χ3v) is 3.89. The van der Waals surface area contributed by atoms with Crippen LogP contribution in [0.25, 0.3) is 0 Å². The van der Waals surface area contributed by atoms with Gasteiger partial charge in [-0.05, 0) is 0 Å². The molecule has 0 amide bonds. The van der Waals surface area contributed by atoms with E-state index in [1.54, 1.807) is 36.4 Å². The Kier molecular flexibility index (Phi) is 5.26. The van der Waals surface area contributed by atoms with Crippen molar-refractivity contribution in [2.24, 2.45) is 0 Å². The Morgan fingerprint density at radius 1 is 1.33 bits per heavy atom. The molecule has 0 spiro atoms. The van der Waals surface area contributed by atoms with E-state index < -0.39 is 26.9 Å². The van der Waals surface area contributed by atoms with Gasteiger partial charge in [0.1, 0.15) is 0 Å². The molecule has 0 bridgehead atoms. The minimum absolute atomic E-state index is 0.120. The number of hydrogen-bond donors (Lipinski definition) is 0. The molecule has 0 aliphatic carbocycles. The van der Waals surface area contributed by atoms with Crippen LogP contribution in [-0.4, -0.2) is 27.7 Å². The van der Waals surface area contributed by atoms with Gasteiger partial charge in [0.25, 0.3) is 0 Å². The Labute approximate surface area is 109 Å². The number of nitriles is 1. The summed E-state index contributed by atoms with van der Waals surface area (Å²) in [7, 11) is 0.